The van der Waals surface area contributed by atoms with Gasteiger partial charge in [-0.15, -0.1) is 5.10 Å². The fraction of sp³-hybridized carbons (Fsp3) is 0.0588. The molecular weight excluding hydrogens is 293 g/mol. The van der Waals surface area contributed by atoms with Gasteiger partial charge in [-0.1, -0.05) is 45.3 Å². The number of nitrogens with two attached hydrogens (primary N) is 1. The van der Waals surface area contributed by atoms with E-state index >= 15 is 0 Å². The number of benzene rings is 2. The average molecular weight is 307 g/mol. The van der Waals surface area contributed by atoms with Crippen molar-refractivity contribution in [2.75, 3.05) is 11.1 Å². The average Bonchev–Trinajstić information content (AvgIpc) is 2.85. The Hall–Kier alpha value is -3.15. The van der Waals surface area contributed by atoms with Gasteiger partial charge in [0.2, 0.25) is 0 Å². The van der Waals surface area contributed by atoms with Gasteiger partial charge in [0.25, 0.3) is 0 Å². The molecule has 5 nitrogen and oxygen atoms in total. The highest BCUT2D eigenvalue weighted by Gasteiger charge is 2.17. The highest BCUT2D eigenvalue weighted by atomic mass is 19.2. The quantitative estimate of drug-likeness (QED) is 0.588. The summed E-state index contributed by atoms with van der Waals surface area (Å²) in [4.78, 5) is 4.90. The minimum atomic E-state index is 0.107. The molecule has 4 rings (SSSR count). The Morgan fingerprint density at radius 2 is 1.83 bits per heavy atom. The predicted molar refractivity (Wildman–Crippen MR) is 90.4 cm³/mol. The number of hydrogen-bond donors (Lipinski definition) is 2. The maximum absolute atomic E-state index is 14.2. The van der Waals surface area contributed by atoms with Crippen molar-refractivity contribution >= 4 is 39.1 Å². The minimum Gasteiger partial charge on any atom is -0.382 e. The summed E-state index contributed by atoms with van der Waals surface area (Å²) in [5.74, 6) is 0.597. The molecule has 2 aromatic heterocycles. The number of nitrogens with one attached hydrogen (secondary N) is 1. The first kappa shape index (κ1) is 13.5. The summed E-state index contributed by atoms with van der Waals surface area (Å²) >= 11 is 0. The predicted octanol–water partition coefficient (Wildman–Crippen LogP) is 3.95. The molecule has 3 N–H and O–H groups in total. The number of rotatable bonds is 2. The lowest BCUT2D eigenvalue weighted by atomic mass is 10.1. The summed E-state index contributed by atoms with van der Waals surface area (Å²) in [5.41, 5.74) is 8.90. The normalized spacial score (nSPS) is 11.2. The molecule has 0 atom stereocenters. The number of anilines is 3. The number of nitrogen functional groups attached to an aromatic ring is 1. The van der Waals surface area contributed by atoms with Crippen LogP contribution in [0.25, 0.3) is 21.8 Å². The summed E-state index contributed by atoms with van der Waals surface area (Å²) in [6.07, 6.45) is 0. The summed E-state index contributed by atoms with van der Waals surface area (Å²) < 4.78 is 14.2. The maximum atomic E-state index is 14.2. The molecule has 23 heavy (non-hydrogen) atoms. The number of aromatic nitrogens is 3. The first-order valence-corrected chi connectivity index (χ1v) is 7.20. The van der Waals surface area contributed by atoms with Crippen LogP contribution in [0.5, 0.6) is 0 Å². The molecule has 0 unspecified atom stereocenters. The maximum Gasteiger partial charge on any atom is 0.160 e. The topological polar surface area (TPSA) is 68.8 Å². The fourth-order valence-corrected chi connectivity index (χ4v) is 2.69. The third-order valence-electron chi connectivity index (χ3n) is 3.82. The number of pyridine rings is 1. The molecule has 0 amide bonds. The Bertz CT molecular complexity index is 1020. The van der Waals surface area contributed by atoms with E-state index in [0.29, 0.717) is 32.5 Å². The van der Waals surface area contributed by atoms with Crippen LogP contribution in [0, 0.1) is 6.92 Å². The molecule has 0 saturated carbocycles. The van der Waals surface area contributed by atoms with Crippen LogP contribution in [-0.4, -0.2) is 15.0 Å². The van der Waals surface area contributed by atoms with Crippen molar-refractivity contribution in [3.8, 4) is 0 Å². The second kappa shape index (κ2) is 4.95. The second-order valence-electron chi connectivity index (χ2n) is 5.44. The van der Waals surface area contributed by atoms with E-state index in [9.17, 15) is 4.48 Å². The van der Waals surface area contributed by atoms with Gasteiger partial charge < -0.3 is 11.1 Å². The molecule has 0 saturated heterocycles. The van der Waals surface area contributed by atoms with Crippen LogP contribution in [0.15, 0.2) is 48.5 Å². The van der Waals surface area contributed by atoms with Gasteiger partial charge in [-0.2, -0.15) is 0 Å². The van der Waals surface area contributed by atoms with Crippen LogP contribution in [-0.2, 0) is 0 Å². The molecule has 2 heterocycles. The Balaban J connectivity index is 1.98. The highest BCUT2D eigenvalue weighted by molar-refractivity contribution is 6.12. The van der Waals surface area contributed by atoms with Crippen molar-refractivity contribution in [2.24, 2.45) is 0 Å². The van der Waals surface area contributed by atoms with Gasteiger partial charge in [0.1, 0.15) is 11.3 Å². The lowest BCUT2D eigenvalue weighted by Gasteiger charge is -2.09. The van der Waals surface area contributed by atoms with E-state index in [-0.39, 0.29) is 5.82 Å². The number of hydrogen-bond acceptors (Lipinski definition) is 4. The zero-order valence-electron chi connectivity index (χ0n) is 12.4. The standard InChI is InChI=1S/C17H14FN5/c1-10-6-8-11(9-7-10)20-17-14-15(23(18)22-16(14)19)12-4-2-3-5-13(12)21-17/h2-9H,1H3,(H2,19,22)(H,20,21). The van der Waals surface area contributed by atoms with Crippen LogP contribution in [0.4, 0.5) is 21.8 Å². The molecule has 6 heteroatoms. The first-order chi connectivity index (χ1) is 11.1. The van der Waals surface area contributed by atoms with Crippen LogP contribution in [0.2, 0.25) is 0 Å². The molecule has 0 bridgehead atoms. The molecule has 4 aromatic rings. The van der Waals surface area contributed by atoms with Crippen molar-refractivity contribution in [1.82, 2.24) is 15.0 Å². The SMILES string of the molecule is Cc1ccc(Nc2nc3ccccc3c3c2c(N)nn3F)cc1. The molecular formula is C17H14FN5. The monoisotopic (exact) mass is 307 g/mol. The van der Waals surface area contributed by atoms with E-state index in [1.807, 2.05) is 49.4 Å². The zero-order valence-corrected chi connectivity index (χ0v) is 12.4. The van der Waals surface area contributed by atoms with Crippen molar-refractivity contribution in [3.05, 3.63) is 54.1 Å². The lowest BCUT2D eigenvalue weighted by molar-refractivity contribution is 0.335. The van der Waals surface area contributed by atoms with E-state index < -0.39 is 0 Å². The molecule has 0 aliphatic heterocycles. The van der Waals surface area contributed by atoms with Crippen molar-refractivity contribution in [1.29, 1.82) is 0 Å². The van der Waals surface area contributed by atoms with Crippen LogP contribution < -0.4 is 11.1 Å². The van der Waals surface area contributed by atoms with Crippen LogP contribution in [0.1, 0.15) is 5.56 Å². The van der Waals surface area contributed by atoms with Crippen molar-refractivity contribution in [3.63, 3.8) is 0 Å². The Labute approximate surface area is 131 Å². The third kappa shape index (κ3) is 2.15. The smallest absolute Gasteiger partial charge is 0.160 e. The fourth-order valence-electron chi connectivity index (χ4n) is 2.69. The van der Waals surface area contributed by atoms with Gasteiger partial charge >= 0.3 is 0 Å². The van der Waals surface area contributed by atoms with E-state index in [1.165, 1.54) is 0 Å². The van der Waals surface area contributed by atoms with Gasteiger partial charge in [-0.3, -0.25) is 0 Å². The molecule has 0 aliphatic rings. The third-order valence-corrected chi connectivity index (χ3v) is 3.82. The molecule has 0 radical (unpaired) electrons. The Kier molecular flexibility index (Phi) is 2.90. The lowest BCUT2D eigenvalue weighted by Crippen LogP contribution is -1.97. The van der Waals surface area contributed by atoms with Gasteiger partial charge in [0, 0.05) is 11.1 Å². The number of fused-ring (bicyclic) bond motifs is 3. The molecule has 0 fully saturated rings. The zero-order chi connectivity index (χ0) is 16.0. The number of para-hydroxylation sites is 1. The summed E-state index contributed by atoms with van der Waals surface area (Å²) in [6, 6.07) is 15.2. The second-order valence-corrected chi connectivity index (χ2v) is 5.44. The molecule has 0 spiro atoms. The van der Waals surface area contributed by atoms with Crippen molar-refractivity contribution < 1.29 is 4.48 Å². The van der Waals surface area contributed by atoms with E-state index in [1.54, 1.807) is 6.07 Å². The van der Waals surface area contributed by atoms with Crippen LogP contribution in [0.3, 0.4) is 0 Å². The van der Waals surface area contributed by atoms with E-state index in [2.05, 4.69) is 15.4 Å². The summed E-state index contributed by atoms with van der Waals surface area (Å²) in [7, 11) is 0. The molecule has 114 valence electrons. The molecule has 2 aromatic carbocycles. The van der Waals surface area contributed by atoms with Crippen molar-refractivity contribution in [2.45, 2.75) is 6.92 Å². The van der Waals surface area contributed by atoms with Gasteiger partial charge in [-0.25, -0.2) is 4.98 Å². The summed E-state index contributed by atoms with van der Waals surface area (Å²) in [6.45, 7) is 2.02. The summed E-state index contributed by atoms with van der Waals surface area (Å²) in [5, 5.41) is 8.06. The van der Waals surface area contributed by atoms with Gasteiger partial charge in [0.05, 0.1) is 10.9 Å². The Morgan fingerprint density at radius 3 is 2.61 bits per heavy atom. The largest absolute Gasteiger partial charge is 0.382 e. The Morgan fingerprint density at radius 1 is 1.09 bits per heavy atom. The number of halogens is 1. The molecule has 0 aliphatic carbocycles. The first-order valence-electron chi connectivity index (χ1n) is 7.20. The highest BCUT2D eigenvalue weighted by Crippen LogP contribution is 2.34. The number of nitrogens with zero attached hydrogens (tertiary/aromatic N) is 3. The van der Waals surface area contributed by atoms with E-state index in [4.69, 9.17) is 5.73 Å². The van der Waals surface area contributed by atoms with Crippen LogP contribution >= 0.6 is 0 Å². The van der Waals surface area contributed by atoms with Gasteiger partial charge in [-0.05, 0) is 25.1 Å². The number of aryl methyl sites for hydroxylation is 1. The van der Waals surface area contributed by atoms with Gasteiger partial charge in [0.15, 0.2) is 5.82 Å². The van der Waals surface area contributed by atoms with E-state index in [0.717, 1.165) is 11.3 Å². The minimum absolute atomic E-state index is 0.107.